The molecule has 5 heteroatoms. The first-order valence-electron chi connectivity index (χ1n) is 5.65. The number of hydrogen-bond acceptors (Lipinski definition) is 3. The van der Waals surface area contributed by atoms with E-state index < -0.39 is 5.82 Å². The van der Waals surface area contributed by atoms with E-state index in [4.69, 9.17) is 16.3 Å². The molecule has 0 aromatic heterocycles. The standard InChI is InChI=1S/C14H13ClFNO2/c1-19-11-4-2-9(14(18)7-11)8-17-13-6-10(15)3-5-12(13)16/h2-7,17-18H,8H2,1H3. The highest BCUT2D eigenvalue weighted by Crippen LogP contribution is 2.25. The second kappa shape index (κ2) is 5.80. The van der Waals surface area contributed by atoms with Crippen LogP contribution in [0.5, 0.6) is 11.5 Å². The lowest BCUT2D eigenvalue weighted by Gasteiger charge is -2.10. The SMILES string of the molecule is COc1ccc(CNc2cc(Cl)ccc2F)c(O)c1. The number of nitrogens with one attached hydrogen (secondary N) is 1. The van der Waals surface area contributed by atoms with Gasteiger partial charge in [0.15, 0.2) is 0 Å². The molecule has 2 aromatic carbocycles. The van der Waals surface area contributed by atoms with Crippen LogP contribution in [0.1, 0.15) is 5.56 Å². The van der Waals surface area contributed by atoms with E-state index in [1.54, 1.807) is 12.1 Å². The maximum absolute atomic E-state index is 13.5. The minimum atomic E-state index is -0.391. The lowest BCUT2D eigenvalue weighted by atomic mass is 10.2. The topological polar surface area (TPSA) is 41.5 Å². The monoisotopic (exact) mass is 281 g/mol. The summed E-state index contributed by atoms with van der Waals surface area (Å²) in [6, 6.07) is 9.21. The van der Waals surface area contributed by atoms with E-state index in [-0.39, 0.29) is 12.3 Å². The molecule has 0 spiro atoms. The Morgan fingerprint density at radius 1 is 1.26 bits per heavy atom. The molecule has 19 heavy (non-hydrogen) atoms. The molecule has 0 amide bonds. The van der Waals surface area contributed by atoms with E-state index in [0.717, 1.165) is 0 Å². The average Bonchev–Trinajstić information content (AvgIpc) is 2.40. The zero-order valence-corrected chi connectivity index (χ0v) is 11.0. The lowest BCUT2D eigenvalue weighted by Crippen LogP contribution is -2.01. The smallest absolute Gasteiger partial charge is 0.146 e. The predicted molar refractivity (Wildman–Crippen MR) is 73.4 cm³/mol. The molecule has 2 aromatic rings. The number of methoxy groups -OCH3 is 1. The van der Waals surface area contributed by atoms with Crippen LogP contribution >= 0.6 is 11.6 Å². The number of anilines is 1. The van der Waals surface area contributed by atoms with Crippen LogP contribution in [0.4, 0.5) is 10.1 Å². The second-order valence-electron chi connectivity index (χ2n) is 3.97. The van der Waals surface area contributed by atoms with Gasteiger partial charge in [-0.05, 0) is 30.3 Å². The van der Waals surface area contributed by atoms with Crippen LogP contribution in [0, 0.1) is 5.82 Å². The quantitative estimate of drug-likeness (QED) is 0.895. The molecule has 0 aliphatic carbocycles. The van der Waals surface area contributed by atoms with E-state index in [0.29, 0.717) is 22.0 Å². The number of aromatic hydroxyl groups is 1. The van der Waals surface area contributed by atoms with E-state index in [1.165, 1.54) is 31.4 Å². The van der Waals surface area contributed by atoms with Crippen LogP contribution in [0.3, 0.4) is 0 Å². The van der Waals surface area contributed by atoms with E-state index >= 15 is 0 Å². The summed E-state index contributed by atoms with van der Waals surface area (Å²) in [5.41, 5.74) is 0.933. The largest absolute Gasteiger partial charge is 0.507 e. The summed E-state index contributed by atoms with van der Waals surface area (Å²) in [6.07, 6.45) is 0. The van der Waals surface area contributed by atoms with Gasteiger partial charge in [0.1, 0.15) is 17.3 Å². The van der Waals surface area contributed by atoms with Gasteiger partial charge in [0.05, 0.1) is 12.8 Å². The van der Waals surface area contributed by atoms with Crippen molar-refractivity contribution in [2.75, 3.05) is 12.4 Å². The number of hydrogen-bond donors (Lipinski definition) is 2. The summed E-state index contributed by atoms with van der Waals surface area (Å²) >= 11 is 5.80. The minimum Gasteiger partial charge on any atom is -0.507 e. The third-order valence-corrected chi connectivity index (χ3v) is 2.93. The Kier molecular flexibility index (Phi) is 4.12. The van der Waals surface area contributed by atoms with Gasteiger partial charge >= 0.3 is 0 Å². The molecule has 0 heterocycles. The molecule has 100 valence electrons. The number of phenols is 1. The first-order valence-corrected chi connectivity index (χ1v) is 6.03. The minimum absolute atomic E-state index is 0.0919. The molecule has 0 atom stereocenters. The Bertz CT molecular complexity index is 590. The van der Waals surface area contributed by atoms with Crippen molar-refractivity contribution in [3.05, 3.63) is 52.8 Å². The molecule has 0 saturated heterocycles. The van der Waals surface area contributed by atoms with Crippen LogP contribution < -0.4 is 10.1 Å². The maximum atomic E-state index is 13.5. The molecule has 0 saturated carbocycles. The van der Waals surface area contributed by atoms with Gasteiger partial charge in [-0.15, -0.1) is 0 Å². The molecular formula is C14H13ClFNO2. The van der Waals surface area contributed by atoms with Crippen molar-refractivity contribution >= 4 is 17.3 Å². The first kappa shape index (κ1) is 13.5. The van der Waals surface area contributed by atoms with Gasteiger partial charge in [-0.25, -0.2) is 4.39 Å². The fraction of sp³-hybridized carbons (Fsp3) is 0.143. The summed E-state index contributed by atoms with van der Waals surface area (Å²) in [4.78, 5) is 0. The average molecular weight is 282 g/mol. The van der Waals surface area contributed by atoms with Crippen molar-refractivity contribution in [2.45, 2.75) is 6.54 Å². The highest BCUT2D eigenvalue weighted by atomic mass is 35.5. The van der Waals surface area contributed by atoms with E-state index in [2.05, 4.69) is 5.32 Å². The van der Waals surface area contributed by atoms with Crippen LogP contribution in [0.25, 0.3) is 0 Å². The van der Waals surface area contributed by atoms with Crippen LogP contribution in [-0.2, 0) is 6.54 Å². The summed E-state index contributed by atoms with van der Waals surface area (Å²) in [5.74, 6) is 0.266. The van der Waals surface area contributed by atoms with Gasteiger partial charge in [0.25, 0.3) is 0 Å². The molecule has 0 unspecified atom stereocenters. The Hall–Kier alpha value is -1.94. The number of phenolic OH excluding ortho intramolecular Hbond substituents is 1. The number of halogens is 2. The summed E-state index contributed by atoms with van der Waals surface area (Å²) in [7, 11) is 1.52. The highest BCUT2D eigenvalue weighted by molar-refractivity contribution is 6.30. The Balaban J connectivity index is 2.12. The normalized spacial score (nSPS) is 10.3. The molecule has 0 aliphatic rings. The fourth-order valence-electron chi connectivity index (χ4n) is 1.64. The molecule has 3 nitrogen and oxygen atoms in total. The molecule has 0 bridgehead atoms. The number of ether oxygens (including phenoxy) is 1. The second-order valence-corrected chi connectivity index (χ2v) is 4.41. The highest BCUT2D eigenvalue weighted by Gasteiger charge is 2.06. The van der Waals surface area contributed by atoms with Gasteiger partial charge in [0.2, 0.25) is 0 Å². The molecule has 2 N–H and O–H groups in total. The van der Waals surface area contributed by atoms with Crippen molar-refractivity contribution in [3.8, 4) is 11.5 Å². The van der Waals surface area contributed by atoms with Crippen LogP contribution in [-0.4, -0.2) is 12.2 Å². The van der Waals surface area contributed by atoms with Gasteiger partial charge in [0, 0.05) is 23.2 Å². The fourth-order valence-corrected chi connectivity index (χ4v) is 1.82. The summed E-state index contributed by atoms with van der Waals surface area (Å²) < 4.78 is 18.5. The molecular weight excluding hydrogens is 269 g/mol. The van der Waals surface area contributed by atoms with Crippen molar-refractivity contribution in [1.29, 1.82) is 0 Å². The molecule has 2 rings (SSSR count). The number of benzene rings is 2. The van der Waals surface area contributed by atoms with Crippen LogP contribution in [0.15, 0.2) is 36.4 Å². The maximum Gasteiger partial charge on any atom is 0.146 e. The van der Waals surface area contributed by atoms with Crippen molar-refractivity contribution < 1.29 is 14.2 Å². The van der Waals surface area contributed by atoms with Crippen molar-refractivity contribution in [2.24, 2.45) is 0 Å². The third-order valence-electron chi connectivity index (χ3n) is 2.69. The Morgan fingerprint density at radius 2 is 2.05 bits per heavy atom. The Labute approximate surface area is 115 Å². The molecule has 0 radical (unpaired) electrons. The van der Waals surface area contributed by atoms with Gasteiger partial charge in [-0.2, -0.15) is 0 Å². The molecule has 0 fully saturated rings. The van der Waals surface area contributed by atoms with Gasteiger partial charge in [-0.1, -0.05) is 11.6 Å². The van der Waals surface area contributed by atoms with Gasteiger partial charge < -0.3 is 15.2 Å². The Morgan fingerprint density at radius 3 is 2.74 bits per heavy atom. The summed E-state index contributed by atoms with van der Waals surface area (Å²) in [5, 5.41) is 13.1. The molecule has 0 aliphatic heterocycles. The first-order chi connectivity index (χ1) is 9.10. The van der Waals surface area contributed by atoms with Crippen molar-refractivity contribution in [1.82, 2.24) is 0 Å². The third kappa shape index (κ3) is 3.29. The van der Waals surface area contributed by atoms with Gasteiger partial charge in [-0.3, -0.25) is 0 Å². The van der Waals surface area contributed by atoms with Crippen LogP contribution in [0.2, 0.25) is 5.02 Å². The predicted octanol–water partition coefficient (Wildman–Crippen LogP) is 3.81. The summed E-state index contributed by atoms with van der Waals surface area (Å²) in [6.45, 7) is 0.285. The van der Waals surface area contributed by atoms with E-state index in [9.17, 15) is 9.50 Å². The van der Waals surface area contributed by atoms with Crippen molar-refractivity contribution in [3.63, 3.8) is 0 Å². The zero-order chi connectivity index (χ0) is 13.8. The number of rotatable bonds is 4. The zero-order valence-electron chi connectivity index (χ0n) is 10.3. The lowest BCUT2D eigenvalue weighted by molar-refractivity contribution is 0.406. The van der Waals surface area contributed by atoms with E-state index in [1.807, 2.05) is 0 Å².